The number of fused-ring (bicyclic) bond motifs is 1. The van der Waals surface area contributed by atoms with E-state index in [1.54, 1.807) is 18.1 Å². The summed E-state index contributed by atoms with van der Waals surface area (Å²) in [6, 6.07) is 6.09. The van der Waals surface area contributed by atoms with E-state index in [1.165, 1.54) is 6.33 Å². The minimum absolute atomic E-state index is 0.0170. The molecule has 1 aliphatic heterocycles. The average Bonchev–Trinajstić information content (AvgIpc) is 3.30. The zero-order valence-electron chi connectivity index (χ0n) is 16.3. The van der Waals surface area contributed by atoms with Gasteiger partial charge in [0.25, 0.3) is 0 Å². The predicted octanol–water partition coefficient (Wildman–Crippen LogP) is 2.72. The van der Waals surface area contributed by atoms with Crippen molar-refractivity contribution in [2.45, 2.75) is 45.7 Å². The number of rotatable bonds is 6. The van der Waals surface area contributed by atoms with Gasteiger partial charge in [0.1, 0.15) is 24.2 Å². The molecule has 28 heavy (non-hydrogen) atoms. The lowest BCUT2D eigenvalue weighted by atomic mass is 9.85. The normalized spacial score (nSPS) is 16.0. The van der Waals surface area contributed by atoms with Crippen LogP contribution in [-0.4, -0.2) is 37.6 Å². The van der Waals surface area contributed by atoms with E-state index >= 15 is 0 Å². The lowest BCUT2D eigenvalue weighted by molar-refractivity contribution is -0.116. The molecule has 8 heteroatoms. The molecule has 4 rings (SSSR count). The number of hydrogen-bond donors (Lipinski definition) is 1. The minimum Gasteiger partial charge on any atom is -0.496 e. The summed E-state index contributed by atoms with van der Waals surface area (Å²) < 4.78 is 9.20. The van der Waals surface area contributed by atoms with Crippen LogP contribution in [0.15, 0.2) is 30.9 Å². The second kappa shape index (κ2) is 7.46. The molecule has 8 nitrogen and oxygen atoms in total. The zero-order chi connectivity index (χ0) is 19.7. The van der Waals surface area contributed by atoms with E-state index in [4.69, 9.17) is 4.74 Å². The Kier molecular flexibility index (Phi) is 4.85. The molecule has 0 saturated carbocycles. The van der Waals surface area contributed by atoms with Gasteiger partial charge in [0.05, 0.1) is 19.3 Å². The molecule has 1 aromatic carbocycles. The van der Waals surface area contributed by atoms with E-state index in [1.807, 2.05) is 23.7 Å². The van der Waals surface area contributed by atoms with Gasteiger partial charge >= 0.3 is 0 Å². The van der Waals surface area contributed by atoms with Crippen LogP contribution in [0.2, 0.25) is 0 Å². The van der Waals surface area contributed by atoms with Crippen LogP contribution in [0, 0.1) is 6.92 Å². The Hall–Kier alpha value is -3.16. The standard InChI is InChI=1S/C20H24N6O2/c1-4-7-26-20-19(13(2)24-26)16(9-18(27)23-20)14-5-6-17(28-3)15(8-14)10-25-12-21-11-22-25/h5-6,8,11-12,16H,4,7,9-10H2,1-3H3,(H,23,27)/t16-/m1/s1. The van der Waals surface area contributed by atoms with Gasteiger partial charge in [0, 0.05) is 30.0 Å². The number of nitrogens with one attached hydrogen (secondary N) is 1. The first-order valence-electron chi connectivity index (χ1n) is 9.47. The van der Waals surface area contributed by atoms with E-state index in [2.05, 4.69) is 33.5 Å². The molecule has 3 heterocycles. The van der Waals surface area contributed by atoms with Gasteiger partial charge in [-0.15, -0.1) is 0 Å². The molecule has 0 aliphatic carbocycles. The summed E-state index contributed by atoms with van der Waals surface area (Å²) in [6.45, 7) is 5.45. The first-order chi connectivity index (χ1) is 13.6. The largest absolute Gasteiger partial charge is 0.496 e. The molecule has 2 aromatic heterocycles. The topological polar surface area (TPSA) is 86.9 Å². The third-order valence-electron chi connectivity index (χ3n) is 5.11. The molecule has 0 fully saturated rings. The van der Waals surface area contributed by atoms with Crippen LogP contribution in [-0.2, 0) is 17.9 Å². The molecule has 0 unspecified atom stereocenters. The van der Waals surface area contributed by atoms with Gasteiger partial charge in [-0.05, 0) is 31.0 Å². The van der Waals surface area contributed by atoms with Crippen molar-refractivity contribution < 1.29 is 9.53 Å². The summed E-state index contributed by atoms with van der Waals surface area (Å²) in [6.07, 6.45) is 4.55. The lowest BCUT2D eigenvalue weighted by Crippen LogP contribution is -2.25. The average molecular weight is 380 g/mol. The number of aryl methyl sites for hydroxylation is 2. The van der Waals surface area contributed by atoms with Crippen LogP contribution in [0.3, 0.4) is 0 Å². The van der Waals surface area contributed by atoms with Gasteiger partial charge in [0.2, 0.25) is 5.91 Å². The van der Waals surface area contributed by atoms with Gasteiger partial charge in [-0.25, -0.2) is 14.3 Å². The number of methoxy groups -OCH3 is 1. The number of amides is 1. The number of hydrogen-bond acceptors (Lipinski definition) is 5. The van der Waals surface area contributed by atoms with Crippen molar-refractivity contribution in [3.63, 3.8) is 0 Å². The Bertz CT molecular complexity index is 993. The van der Waals surface area contributed by atoms with Gasteiger partial charge in [-0.1, -0.05) is 13.0 Å². The van der Waals surface area contributed by atoms with Crippen LogP contribution in [0.25, 0.3) is 0 Å². The van der Waals surface area contributed by atoms with E-state index in [-0.39, 0.29) is 11.8 Å². The van der Waals surface area contributed by atoms with Crippen LogP contribution < -0.4 is 10.1 Å². The molecule has 0 radical (unpaired) electrons. The van der Waals surface area contributed by atoms with E-state index in [9.17, 15) is 4.79 Å². The van der Waals surface area contributed by atoms with Crippen LogP contribution in [0.5, 0.6) is 5.75 Å². The van der Waals surface area contributed by atoms with Crippen LogP contribution in [0.1, 0.15) is 48.1 Å². The highest BCUT2D eigenvalue weighted by Crippen LogP contribution is 2.40. The number of ether oxygens (including phenoxy) is 1. The molecular weight excluding hydrogens is 356 g/mol. The molecule has 0 bridgehead atoms. The Labute approximate surface area is 163 Å². The highest BCUT2D eigenvalue weighted by atomic mass is 16.5. The second-order valence-corrected chi connectivity index (χ2v) is 7.04. The number of aromatic nitrogens is 5. The maximum atomic E-state index is 12.4. The van der Waals surface area contributed by atoms with Crippen LogP contribution >= 0.6 is 0 Å². The van der Waals surface area contributed by atoms with Crippen molar-refractivity contribution in [2.24, 2.45) is 0 Å². The van der Waals surface area contributed by atoms with Crippen molar-refractivity contribution in [2.75, 3.05) is 12.4 Å². The monoisotopic (exact) mass is 380 g/mol. The van der Waals surface area contributed by atoms with Crippen molar-refractivity contribution in [3.05, 3.63) is 53.2 Å². The first-order valence-corrected chi connectivity index (χ1v) is 9.47. The number of anilines is 1. The third kappa shape index (κ3) is 3.26. The minimum atomic E-state index is -0.0326. The SMILES string of the molecule is CCCn1nc(C)c2c1NC(=O)C[C@@H]2c1ccc(OC)c(Cn2cncn2)c1. The lowest BCUT2D eigenvalue weighted by Gasteiger charge is -2.25. The summed E-state index contributed by atoms with van der Waals surface area (Å²) in [5.41, 5.74) is 4.13. The van der Waals surface area contributed by atoms with E-state index < -0.39 is 0 Å². The van der Waals surface area contributed by atoms with Gasteiger partial charge in [0.15, 0.2) is 0 Å². The molecule has 0 saturated heterocycles. The van der Waals surface area contributed by atoms with Crippen molar-refractivity contribution in [1.82, 2.24) is 24.5 Å². The molecule has 1 N–H and O–H groups in total. The molecule has 1 atom stereocenters. The fourth-order valence-corrected chi connectivity index (χ4v) is 3.90. The summed E-state index contributed by atoms with van der Waals surface area (Å²) in [5.74, 6) is 1.60. The summed E-state index contributed by atoms with van der Waals surface area (Å²) in [5, 5.41) is 11.9. The predicted molar refractivity (Wildman–Crippen MR) is 104 cm³/mol. The van der Waals surface area contributed by atoms with Crippen LogP contribution in [0.4, 0.5) is 5.82 Å². The molecule has 3 aromatic rings. The van der Waals surface area contributed by atoms with Crippen molar-refractivity contribution in [3.8, 4) is 5.75 Å². The highest BCUT2D eigenvalue weighted by molar-refractivity contribution is 5.94. The quantitative estimate of drug-likeness (QED) is 0.710. The Morgan fingerprint density at radius 2 is 2.21 bits per heavy atom. The summed E-state index contributed by atoms with van der Waals surface area (Å²) in [7, 11) is 1.66. The molecule has 146 valence electrons. The maximum Gasteiger partial charge on any atom is 0.226 e. The number of benzene rings is 1. The Morgan fingerprint density at radius 3 is 2.93 bits per heavy atom. The maximum absolute atomic E-state index is 12.4. The molecule has 0 spiro atoms. The van der Waals surface area contributed by atoms with E-state index in [0.29, 0.717) is 13.0 Å². The van der Waals surface area contributed by atoms with Gasteiger partial charge in [-0.3, -0.25) is 4.79 Å². The smallest absolute Gasteiger partial charge is 0.226 e. The number of carbonyl (C=O) groups is 1. The van der Waals surface area contributed by atoms with Gasteiger partial charge < -0.3 is 10.1 Å². The van der Waals surface area contributed by atoms with Crippen molar-refractivity contribution >= 4 is 11.7 Å². The zero-order valence-corrected chi connectivity index (χ0v) is 16.3. The number of nitrogens with zero attached hydrogens (tertiary/aromatic N) is 5. The molecule has 1 aliphatic rings. The van der Waals surface area contributed by atoms with Gasteiger partial charge in [-0.2, -0.15) is 10.2 Å². The van der Waals surface area contributed by atoms with Crippen molar-refractivity contribution in [1.29, 1.82) is 0 Å². The fourth-order valence-electron chi connectivity index (χ4n) is 3.90. The fraction of sp³-hybridized carbons (Fsp3) is 0.400. The van der Waals surface area contributed by atoms with E-state index in [0.717, 1.165) is 46.9 Å². The molecule has 1 amide bonds. The molecular formula is C20H24N6O2. The first kappa shape index (κ1) is 18.2. The Morgan fingerprint density at radius 1 is 1.36 bits per heavy atom. The summed E-state index contributed by atoms with van der Waals surface area (Å²) >= 11 is 0. The third-order valence-corrected chi connectivity index (χ3v) is 5.11. The second-order valence-electron chi connectivity index (χ2n) is 7.04. The number of carbonyl (C=O) groups excluding carboxylic acids is 1. The highest BCUT2D eigenvalue weighted by Gasteiger charge is 2.32. The summed E-state index contributed by atoms with van der Waals surface area (Å²) in [4.78, 5) is 16.4. The Balaban J connectivity index is 1.76.